The normalized spacial score (nSPS) is 11.6. The minimum atomic E-state index is -0.0550. The van der Waals surface area contributed by atoms with Gasteiger partial charge in [-0.05, 0) is 19.1 Å². The highest BCUT2D eigenvalue weighted by atomic mass is 32.1. The minimum absolute atomic E-state index is 0.0550. The van der Waals surface area contributed by atoms with Gasteiger partial charge in [0.15, 0.2) is 0 Å². The van der Waals surface area contributed by atoms with Gasteiger partial charge in [-0.2, -0.15) is 0 Å². The van der Waals surface area contributed by atoms with Gasteiger partial charge in [0.2, 0.25) is 0 Å². The van der Waals surface area contributed by atoms with E-state index < -0.39 is 0 Å². The number of fused-ring (bicyclic) bond motifs is 3. The molecule has 0 radical (unpaired) electrons. The molecule has 0 saturated heterocycles. The molecule has 23 heavy (non-hydrogen) atoms. The first-order chi connectivity index (χ1) is 11.2. The molecule has 0 spiro atoms. The maximum atomic E-state index is 12.8. The Morgan fingerprint density at radius 3 is 3.04 bits per heavy atom. The number of hydrogen-bond acceptors (Lipinski definition) is 6. The molecule has 0 fully saturated rings. The maximum absolute atomic E-state index is 12.8. The topological polar surface area (TPSA) is 73.8 Å². The molecule has 0 aliphatic rings. The van der Waals surface area contributed by atoms with E-state index in [9.17, 15) is 4.79 Å². The van der Waals surface area contributed by atoms with E-state index in [0.717, 1.165) is 39.2 Å². The van der Waals surface area contributed by atoms with Gasteiger partial charge in [0.25, 0.3) is 5.56 Å². The van der Waals surface area contributed by atoms with E-state index in [1.807, 2.05) is 26.0 Å². The van der Waals surface area contributed by atoms with Gasteiger partial charge in [0, 0.05) is 23.6 Å². The lowest BCUT2D eigenvalue weighted by molar-refractivity contribution is 0.381. The average Bonchev–Trinajstić information content (AvgIpc) is 3.11. The number of aryl methyl sites for hydroxylation is 2. The molecule has 4 aromatic rings. The van der Waals surface area contributed by atoms with Gasteiger partial charge >= 0.3 is 0 Å². The largest absolute Gasteiger partial charge is 0.361 e. The summed E-state index contributed by atoms with van der Waals surface area (Å²) in [4.78, 5) is 22.4. The smallest absolute Gasteiger partial charge is 0.271 e. The summed E-state index contributed by atoms with van der Waals surface area (Å²) in [6.45, 7) is 4.31. The Morgan fingerprint density at radius 2 is 2.22 bits per heavy atom. The van der Waals surface area contributed by atoms with Gasteiger partial charge in [-0.1, -0.05) is 12.1 Å². The summed E-state index contributed by atoms with van der Waals surface area (Å²) in [6.07, 6.45) is 4.06. The van der Waals surface area contributed by atoms with E-state index in [1.165, 1.54) is 11.3 Å². The quantitative estimate of drug-likeness (QED) is 0.579. The number of nitrogens with zero attached hydrogens (tertiary/aromatic N) is 4. The molecule has 4 rings (SSSR count). The van der Waals surface area contributed by atoms with Crippen molar-refractivity contribution in [1.29, 1.82) is 0 Å². The lowest BCUT2D eigenvalue weighted by atomic mass is 10.1. The van der Waals surface area contributed by atoms with E-state index in [2.05, 4.69) is 15.1 Å². The molecule has 6 nitrogen and oxygen atoms in total. The standard InChI is InChI=1S/C16H14N4O2S/c1-3-12-11(9(2)19-22-12)7-20-8-18-13-10-5-4-6-17-15(10)23-14(13)16(20)21/h4-6,8H,3,7H2,1-2H3. The first kappa shape index (κ1) is 14.1. The SMILES string of the molecule is CCc1onc(C)c1Cn1cnc2c(sc3ncccc32)c1=O. The fourth-order valence-corrected chi connectivity index (χ4v) is 3.75. The highest BCUT2D eigenvalue weighted by Gasteiger charge is 2.16. The van der Waals surface area contributed by atoms with Crippen LogP contribution in [0.15, 0.2) is 34.0 Å². The predicted molar refractivity (Wildman–Crippen MR) is 88.9 cm³/mol. The van der Waals surface area contributed by atoms with Crippen LogP contribution in [-0.4, -0.2) is 19.7 Å². The third kappa shape index (κ3) is 2.16. The Kier molecular flexibility index (Phi) is 3.23. The summed E-state index contributed by atoms with van der Waals surface area (Å²) < 4.78 is 7.54. The third-order valence-electron chi connectivity index (χ3n) is 3.94. The van der Waals surface area contributed by atoms with Crippen molar-refractivity contribution in [3.05, 3.63) is 52.0 Å². The molecule has 116 valence electrons. The van der Waals surface area contributed by atoms with Crippen molar-refractivity contribution in [3.63, 3.8) is 0 Å². The van der Waals surface area contributed by atoms with Crippen LogP contribution in [0, 0.1) is 6.92 Å². The number of aromatic nitrogens is 4. The second-order valence-corrected chi connectivity index (χ2v) is 6.34. The summed E-state index contributed by atoms with van der Waals surface area (Å²) >= 11 is 1.38. The van der Waals surface area contributed by atoms with Gasteiger partial charge in [-0.25, -0.2) is 9.97 Å². The van der Waals surface area contributed by atoms with Crippen molar-refractivity contribution < 1.29 is 4.52 Å². The Hall–Kier alpha value is -2.54. The summed E-state index contributed by atoms with van der Waals surface area (Å²) in [5.41, 5.74) is 2.43. The van der Waals surface area contributed by atoms with Crippen LogP contribution in [0.5, 0.6) is 0 Å². The monoisotopic (exact) mass is 326 g/mol. The first-order valence-corrected chi connectivity index (χ1v) is 8.17. The van der Waals surface area contributed by atoms with Crippen LogP contribution in [0.3, 0.4) is 0 Å². The van der Waals surface area contributed by atoms with Crippen LogP contribution in [0.4, 0.5) is 0 Å². The molecular weight excluding hydrogens is 312 g/mol. The van der Waals surface area contributed by atoms with Crippen LogP contribution in [-0.2, 0) is 13.0 Å². The molecule has 7 heteroatoms. The summed E-state index contributed by atoms with van der Waals surface area (Å²) in [5, 5.41) is 4.92. The van der Waals surface area contributed by atoms with Crippen molar-refractivity contribution in [2.75, 3.05) is 0 Å². The minimum Gasteiger partial charge on any atom is -0.361 e. The molecule has 0 aliphatic heterocycles. The van der Waals surface area contributed by atoms with E-state index in [1.54, 1.807) is 17.1 Å². The molecule has 0 aliphatic carbocycles. The molecule has 0 aromatic carbocycles. The second kappa shape index (κ2) is 5.27. The van der Waals surface area contributed by atoms with Gasteiger partial charge < -0.3 is 4.52 Å². The van der Waals surface area contributed by atoms with Crippen LogP contribution >= 0.6 is 11.3 Å². The van der Waals surface area contributed by atoms with Crippen LogP contribution in [0.25, 0.3) is 20.4 Å². The third-order valence-corrected chi connectivity index (χ3v) is 5.03. The molecule has 0 amide bonds. The van der Waals surface area contributed by atoms with E-state index >= 15 is 0 Å². The zero-order chi connectivity index (χ0) is 16.0. The fraction of sp³-hybridized carbons (Fsp3) is 0.250. The van der Waals surface area contributed by atoms with E-state index in [4.69, 9.17) is 4.52 Å². The van der Waals surface area contributed by atoms with Crippen molar-refractivity contribution in [1.82, 2.24) is 19.7 Å². The van der Waals surface area contributed by atoms with Gasteiger partial charge in [-0.15, -0.1) is 11.3 Å². The van der Waals surface area contributed by atoms with Crippen LogP contribution in [0.1, 0.15) is 23.9 Å². The van der Waals surface area contributed by atoms with Gasteiger partial charge in [-0.3, -0.25) is 9.36 Å². The molecule has 0 N–H and O–H groups in total. The van der Waals surface area contributed by atoms with Crippen molar-refractivity contribution in [3.8, 4) is 0 Å². The highest BCUT2D eigenvalue weighted by molar-refractivity contribution is 7.25. The molecule has 4 heterocycles. The molecule has 4 aromatic heterocycles. The molecule has 0 saturated carbocycles. The van der Waals surface area contributed by atoms with Crippen molar-refractivity contribution in [2.24, 2.45) is 0 Å². The Bertz CT molecular complexity index is 1080. The molecule has 0 atom stereocenters. The summed E-state index contributed by atoms with van der Waals surface area (Å²) in [7, 11) is 0. The lowest BCUT2D eigenvalue weighted by Crippen LogP contribution is -2.20. The maximum Gasteiger partial charge on any atom is 0.271 e. The molecule has 0 bridgehead atoms. The number of rotatable bonds is 3. The van der Waals surface area contributed by atoms with E-state index in [0.29, 0.717) is 11.2 Å². The Labute approximate surface area is 135 Å². The predicted octanol–water partition coefficient (Wildman–Crippen LogP) is 2.91. The zero-order valence-corrected chi connectivity index (χ0v) is 13.6. The van der Waals surface area contributed by atoms with E-state index in [-0.39, 0.29) is 5.56 Å². The molecular formula is C16H14N4O2S. The zero-order valence-electron chi connectivity index (χ0n) is 12.7. The van der Waals surface area contributed by atoms with Gasteiger partial charge in [0.05, 0.1) is 24.1 Å². The van der Waals surface area contributed by atoms with Crippen LogP contribution in [0.2, 0.25) is 0 Å². The van der Waals surface area contributed by atoms with Crippen LogP contribution < -0.4 is 5.56 Å². The summed E-state index contributed by atoms with van der Waals surface area (Å²) in [5.74, 6) is 0.813. The second-order valence-electron chi connectivity index (χ2n) is 5.34. The lowest BCUT2D eigenvalue weighted by Gasteiger charge is -2.05. The summed E-state index contributed by atoms with van der Waals surface area (Å²) in [6, 6.07) is 3.80. The van der Waals surface area contributed by atoms with Crippen molar-refractivity contribution in [2.45, 2.75) is 26.8 Å². The number of thiophene rings is 1. The number of pyridine rings is 1. The highest BCUT2D eigenvalue weighted by Crippen LogP contribution is 2.28. The average molecular weight is 326 g/mol. The van der Waals surface area contributed by atoms with Gasteiger partial charge in [0.1, 0.15) is 15.3 Å². The number of hydrogen-bond donors (Lipinski definition) is 0. The Balaban J connectivity index is 1.88. The van der Waals surface area contributed by atoms with Crippen molar-refractivity contribution >= 4 is 31.8 Å². The Morgan fingerprint density at radius 1 is 1.35 bits per heavy atom. The first-order valence-electron chi connectivity index (χ1n) is 7.35. The molecule has 0 unspecified atom stereocenters. The fourth-order valence-electron chi connectivity index (χ4n) is 2.70.